The molecule has 0 saturated heterocycles. The van der Waals surface area contributed by atoms with Crippen molar-refractivity contribution in [2.24, 2.45) is 0 Å². The van der Waals surface area contributed by atoms with Crippen molar-refractivity contribution < 1.29 is 18.4 Å². The molecule has 0 aliphatic rings. The topological polar surface area (TPSA) is 71.1 Å². The molecule has 2 aromatic carbocycles. The van der Waals surface area contributed by atoms with Crippen molar-refractivity contribution in [3.8, 4) is 11.3 Å². The lowest BCUT2D eigenvalue weighted by Crippen LogP contribution is -2.23. The normalized spacial score (nSPS) is 11.8. The monoisotopic (exact) mass is 435 g/mol. The van der Waals surface area contributed by atoms with Crippen LogP contribution >= 0.6 is 22.9 Å². The molecule has 3 aromatic rings. The predicted molar refractivity (Wildman–Crippen MR) is 109 cm³/mol. The minimum absolute atomic E-state index is 0.109. The third kappa shape index (κ3) is 4.96. The van der Waals surface area contributed by atoms with Gasteiger partial charge in [-0.3, -0.25) is 14.9 Å². The molecule has 0 aliphatic heterocycles. The van der Waals surface area contributed by atoms with E-state index in [0.717, 1.165) is 23.3 Å². The first-order valence-electron chi connectivity index (χ1n) is 8.53. The number of carbonyl (C=O) groups excluding carboxylic acids is 2. The summed E-state index contributed by atoms with van der Waals surface area (Å²) in [6.07, 6.45) is 0. The molecule has 2 N–H and O–H groups in total. The Morgan fingerprint density at radius 2 is 1.79 bits per heavy atom. The average molecular weight is 436 g/mol. The van der Waals surface area contributed by atoms with E-state index in [1.165, 1.54) is 18.3 Å². The van der Waals surface area contributed by atoms with Crippen molar-refractivity contribution in [2.45, 2.75) is 19.9 Å². The molecule has 3 rings (SSSR count). The molecule has 0 radical (unpaired) electrons. The van der Waals surface area contributed by atoms with Crippen LogP contribution in [-0.2, 0) is 4.79 Å². The van der Waals surface area contributed by atoms with E-state index in [4.69, 9.17) is 11.6 Å². The van der Waals surface area contributed by atoms with Crippen molar-refractivity contribution in [3.05, 3.63) is 69.6 Å². The van der Waals surface area contributed by atoms with Gasteiger partial charge in [0.2, 0.25) is 5.91 Å². The van der Waals surface area contributed by atoms with E-state index in [1.54, 1.807) is 5.38 Å². The quantitative estimate of drug-likeness (QED) is 0.542. The zero-order valence-electron chi connectivity index (χ0n) is 15.4. The highest BCUT2D eigenvalue weighted by Gasteiger charge is 2.17. The van der Waals surface area contributed by atoms with Crippen LogP contribution in [0.3, 0.4) is 0 Å². The van der Waals surface area contributed by atoms with E-state index < -0.39 is 17.5 Å². The van der Waals surface area contributed by atoms with Gasteiger partial charge in [-0.25, -0.2) is 13.8 Å². The van der Waals surface area contributed by atoms with Gasteiger partial charge in [-0.15, -0.1) is 11.3 Å². The molecule has 5 nitrogen and oxygen atoms in total. The summed E-state index contributed by atoms with van der Waals surface area (Å²) in [6.45, 7) is 3.35. The van der Waals surface area contributed by atoms with Gasteiger partial charge in [0.1, 0.15) is 0 Å². The second kappa shape index (κ2) is 8.67. The fourth-order valence-corrected chi connectivity index (χ4v) is 3.61. The molecule has 29 heavy (non-hydrogen) atoms. The molecule has 1 heterocycles. The summed E-state index contributed by atoms with van der Waals surface area (Å²) in [7, 11) is 0. The molecule has 1 atom stereocenters. The summed E-state index contributed by atoms with van der Waals surface area (Å²) in [5, 5.41) is 7.20. The van der Waals surface area contributed by atoms with Crippen LogP contribution in [0, 0.1) is 11.6 Å². The first-order valence-corrected chi connectivity index (χ1v) is 9.79. The predicted octanol–water partition coefficient (Wildman–Crippen LogP) is 5.19. The van der Waals surface area contributed by atoms with E-state index >= 15 is 0 Å². The Kier molecular flexibility index (Phi) is 6.24. The van der Waals surface area contributed by atoms with Crippen molar-refractivity contribution in [3.63, 3.8) is 0 Å². The average Bonchev–Trinajstić information content (AvgIpc) is 3.12. The van der Waals surface area contributed by atoms with Gasteiger partial charge in [-0.05, 0) is 24.6 Å². The first kappa shape index (κ1) is 20.9. The molecule has 1 unspecified atom stereocenters. The lowest BCUT2D eigenvalue weighted by molar-refractivity contribution is -0.119. The smallest absolute Gasteiger partial charge is 0.259 e. The van der Waals surface area contributed by atoms with Crippen molar-refractivity contribution >= 4 is 39.9 Å². The summed E-state index contributed by atoms with van der Waals surface area (Å²) >= 11 is 7.01. The number of nitrogens with zero attached hydrogens (tertiary/aromatic N) is 1. The number of thiazole rings is 1. The number of benzene rings is 2. The standard InChI is InChI=1S/C20H16ClF2N3O2S/c1-10(24-11(2)27)12-3-5-13(6-4-12)18-9-29-20(25-18)26-19(28)14-7-16(22)17(23)8-15(14)21/h3-10H,1-2H3,(H,24,27)(H,25,26,28). The molecule has 1 aromatic heterocycles. The highest BCUT2D eigenvalue weighted by atomic mass is 35.5. The number of rotatable bonds is 5. The van der Waals surface area contributed by atoms with E-state index in [9.17, 15) is 18.4 Å². The van der Waals surface area contributed by atoms with Gasteiger partial charge in [-0.2, -0.15) is 0 Å². The Morgan fingerprint density at radius 1 is 1.14 bits per heavy atom. The Balaban J connectivity index is 1.73. The van der Waals surface area contributed by atoms with Gasteiger partial charge in [0, 0.05) is 17.9 Å². The van der Waals surface area contributed by atoms with Crippen molar-refractivity contribution in [1.82, 2.24) is 10.3 Å². The van der Waals surface area contributed by atoms with Crippen molar-refractivity contribution in [2.75, 3.05) is 5.32 Å². The third-order valence-corrected chi connectivity index (χ3v) is 5.18. The molecule has 0 fully saturated rings. The number of hydrogen-bond acceptors (Lipinski definition) is 4. The molecular weight excluding hydrogens is 420 g/mol. The van der Waals surface area contributed by atoms with Gasteiger partial charge in [-0.1, -0.05) is 35.9 Å². The van der Waals surface area contributed by atoms with E-state index in [0.29, 0.717) is 10.8 Å². The SMILES string of the molecule is CC(=O)NC(C)c1ccc(-c2csc(NC(=O)c3cc(F)c(F)cc3Cl)n2)cc1. The maximum Gasteiger partial charge on any atom is 0.259 e. The number of nitrogens with one attached hydrogen (secondary N) is 2. The second-order valence-corrected chi connectivity index (χ2v) is 7.55. The van der Waals surface area contributed by atoms with Gasteiger partial charge < -0.3 is 5.32 Å². The molecule has 0 aliphatic carbocycles. The van der Waals surface area contributed by atoms with Gasteiger partial charge in [0.25, 0.3) is 5.91 Å². The fourth-order valence-electron chi connectivity index (χ4n) is 2.66. The maximum atomic E-state index is 13.4. The molecule has 0 bridgehead atoms. The Hall–Kier alpha value is -2.84. The Bertz CT molecular complexity index is 1070. The van der Waals surface area contributed by atoms with Crippen LogP contribution < -0.4 is 10.6 Å². The molecular formula is C20H16ClF2N3O2S. The summed E-state index contributed by atoms with van der Waals surface area (Å²) in [4.78, 5) is 27.8. The second-order valence-electron chi connectivity index (χ2n) is 6.28. The van der Waals surface area contributed by atoms with Crippen LogP contribution in [0.4, 0.5) is 13.9 Å². The largest absolute Gasteiger partial charge is 0.350 e. The number of anilines is 1. The van der Waals surface area contributed by atoms with E-state index in [-0.39, 0.29) is 22.5 Å². The van der Waals surface area contributed by atoms with Crippen LogP contribution in [0.5, 0.6) is 0 Å². The molecule has 9 heteroatoms. The summed E-state index contributed by atoms with van der Waals surface area (Å²) < 4.78 is 26.6. The van der Waals surface area contributed by atoms with Crippen LogP contribution in [0.25, 0.3) is 11.3 Å². The van der Waals surface area contributed by atoms with Crippen LogP contribution in [0.15, 0.2) is 41.8 Å². The molecule has 0 spiro atoms. The molecule has 150 valence electrons. The zero-order valence-corrected chi connectivity index (χ0v) is 17.0. The molecule has 2 amide bonds. The number of halogens is 3. The highest BCUT2D eigenvalue weighted by Crippen LogP contribution is 2.27. The lowest BCUT2D eigenvalue weighted by atomic mass is 10.1. The summed E-state index contributed by atoms with van der Waals surface area (Å²) in [5.74, 6) is -3.08. The minimum Gasteiger partial charge on any atom is -0.350 e. The Labute approximate surface area is 174 Å². The summed E-state index contributed by atoms with van der Waals surface area (Å²) in [5.41, 5.74) is 2.23. The maximum absolute atomic E-state index is 13.4. The van der Waals surface area contributed by atoms with Gasteiger partial charge >= 0.3 is 0 Å². The lowest BCUT2D eigenvalue weighted by Gasteiger charge is -2.13. The van der Waals surface area contributed by atoms with Gasteiger partial charge in [0.15, 0.2) is 16.8 Å². The van der Waals surface area contributed by atoms with Crippen LogP contribution in [-0.4, -0.2) is 16.8 Å². The fraction of sp³-hybridized carbons (Fsp3) is 0.150. The van der Waals surface area contributed by atoms with E-state index in [2.05, 4.69) is 15.6 Å². The van der Waals surface area contributed by atoms with Crippen LogP contribution in [0.1, 0.15) is 35.8 Å². The number of carbonyl (C=O) groups is 2. The number of hydrogen-bond donors (Lipinski definition) is 2. The van der Waals surface area contributed by atoms with E-state index in [1.807, 2.05) is 31.2 Å². The van der Waals surface area contributed by atoms with Crippen molar-refractivity contribution in [1.29, 1.82) is 0 Å². The first-order chi connectivity index (χ1) is 13.7. The molecule has 0 saturated carbocycles. The van der Waals surface area contributed by atoms with Crippen LogP contribution in [0.2, 0.25) is 5.02 Å². The minimum atomic E-state index is -1.16. The Morgan fingerprint density at radius 3 is 2.45 bits per heavy atom. The van der Waals surface area contributed by atoms with Gasteiger partial charge in [0.05, 0.1) is 22.3 Å². The highest BCUT2D eigenvalue weighted by molar-refractivity contribution is 7.14. The number of aromatic nitrogens is 1. The number of amides is 2. The zero-order chi connectivity index (χ0) is 21.1. The summed E-state index contributed by atoms with van der Waals surface area (Å²) in [6, 6.07) is 8.87. The third-order valence-electron chi connectivity index (χ3n) is 4.11.